The SMILES string of the molecule is NC(CO)(C(=O)O)C(O)C(O)CO. The fourth-order valence-corrected chi connectivity index (χ4v) is 0.731. The monoisotopic (exact) mass is 195 g/mol. The van der Waals surface area contributed by atoms with Crippen molar-refractivity contribution in [3.05, 3.63) is 0 Å². The van der Waals surface area contributed by atoms with Crippen LogP contribution in [0.25, 0.3) is 0 Å². The van der Waals surface area contributed by atoms with Crippen LogP contribution < -0.4 is 5.73 Å². The third-order valence-corrected chi connectivity index (χ3v) is 1.74. The van der Waals surface area contributed by atoms with Gasteiger partial charge < -0.3 is 31.3 Å². The van der Waals surface area contributed by atoms with Crippen molar-refractivity contribution >= 4 is 5.97 Å². The lowest BCUT2D eigenvalue weighted by Gasteiger charge is -2.30. The molecule has 0 heterocycles. The smallest absolute Gasteiger partial charge is 0.328 e. The molecule has 0 aromatic rings. The molecule has 0 rings (SSSR count). The van der Waals surface area contributed by atoms with Gasteiger partial charge in [-0.3, -0.25) is 4.79 Å². The normalized spacial score (nSPS) is 20.4. The lowest BCUT2D eigenvalue weighted by molar-refractivity contribution is -0.156. The maximum Gasteiger partial charge on any atom is 0.328 e. The number of hydrogen-bond acceptors (Lipinski definition) is 6. The molecule has 7 heteroatoms. The van der Waals surface area contributed by atoms with Crippen LogP contribution in [0.1, 0.15) is 0 Å². The van der Waals surface area contributed by atoms with Crippen LogP contribution in [-0.4, -0.2) is 62.5 Å². The third-order valence-electron chi connectivity index (χ3n) is 1.74. The summed E-state index contributed by atoms with van der Waals surface area (Å²) >= 11 is 0. The van der Waals surface area contributed by atoms with Crippen LogP contribution in [0.2, 0.25) is 0 Å². The van der Waals surface area contributed by atoms with Crippen molar-refractivity contribution in [2.75, 3.05) is 13.2 Å². The predicted octanol–water partition coefficient (Wildman–Crippen LogP) is -3.53. The van der Waals surface area contributed by atoms with Crippen molar-refractivity contribution in [1.29, 1.82) is 0 Å². The molecule has 3 unspecified atom stereocenters. The van der Waals surface area contributed by atoms with Crippen LogP contribution in [0, 0.1) is 0 Å². The Hall–Kier alpha value is -0.730. The van der Waals surface area contributed by atoms with Crippen molar-refractivity contribution in [2.24, 2.45) is 5.73 Å². The summed E-state index contributed by atoms with van der Waals surface area (Å²) < 4.78 is 0. The molecule has 0 spiro atoms. The molecule has 0 saturated heterocycles. The number of carboxylic acid groups (broad SMARTS) is 1. The number of carbonyl (C=O) groups is 1. The Kier molecular flexibility index (Phi) is 4.24. The van der Waals surface area contributed by atoms with E-state index in [9.17, 15) is 4.79 Å². The van der Waals surface area contributed by atoms with E-state index < -0.39 is 36.9 Å². The Bertz CT molecular complexity index is 186. The van der Waals surface area contributed by atoms with E-state index in [0.29, 0.717) is 0 Å². The van der Waals surface area contributed by atoms with Crippen molar-refractivity contribution in [3.63, 3.8) is 0 Å². The average Bonchev–Trinajstić information content (AvgIpc) is 2.13. The van der Waals surface area contributed by atoms with E-state index >= 15 is 0 Å². The predicted molar refractivity (Wildman–Crippen MR) is 40.7 cm³/mol. The quantitative estimate of drug-likeness (QED) is 0.266. The minimum Gasteiger partial charge on any atom is -0.480 e. The Labute approximate surface area is 74.0 Å². The molecular formula is C6H13NO6. The van der Waals surface area contributed by atoms with Gasteiger partial charge in [0.1, 0.15) is 12.2 Å². The molecule has 0 saturated carbocycles. The zero-order chi connectivity index (χ0) is 10.6. The molecule has 13 heavy (non-hydrogen) atoms. The van der Waals surface area contributed by atoms with Gasteiger partial charge >= 0.3 is 5.97 Å². The highest BCUT2D eigenvalue weighted by atomic mass is 16.4. The first-order chi connectivity index (χ1) is 5.90. The van der Waals surface area contributed by atoms with Gasteiger partial charge in [0.15, 0.2) is 5.54 Å². The molecule has 7 nitrogen and oxygen atoms in total. The highest BCUT2D eigenvalue weighted by molar-refractivity contribution is 5.79. The molecule has 0 aromatic heterocycles. The topological polar surface area (TPSA) is 144 Å². The van der Waals surface area contributed by atoms with Gasteiger partial charge in [0, 0.05) is 0 Å². The Morgan fingerprint density at radius 2 is 1.85 bits per heavy atom. The van der Waals surface area contributed by atoms with Crippen molar-refractivity contribution in [1.82, 2.24) is 0 Å². The lowest BCUT2D eigenvalue weighted by Crippen LogP contribution is -2.64. The van der Waals surface area contributed by atoms with E-state index in [-0.39, 0.29) is 0 Å². The standard InChI is InChI=1S/C6H13NO6/c7-6(2-9,5(12)13)4(11)3(10)1-8/h3-4,8-11H,1-2,7H2,(H,12,13). The van der Waals surface area contributed by atoms with Crippen LogP contribution in [0.3, 0.4) is 0 Å². The van der Waals surface area contributed by atoms with Crippen LogP contribution in [0.4, 0.5) is 0 Å². The molecule has 7 N–H and O–H groups in total. The molecule has 0 aliphatic heterocycles. The number of aliphatic hydroxyl groups excluding tert-OH is 4. The zero-order valence-corrected chi connectivity index (χ0v) is 6.79. The summed E-state index contributed by atoms with van der Waals surface area (Å²) in [4.78, 5) is 10.5. The summed E-state index contributed by atoms with van der Waals surface area (Å²) in [5.74, 6) is -1.66. The molecular weight excluding hydrogens is 182 g/mol. The van der Waals surface area contributed by atoms with Crippen molar-refractivity contribution < 1.29 is 30.3 Å². The molecule has 3 atom stereocenters. The fourth-order valence-electron chi connectivity index (χ4n) is 0.731. The van der Waals surface area contributed by atoms with Gasteiger partial charge in [-0.15, -0.1) is 0 Å². The number of carboxylic acids is 1. The Morgan fingerprint density at radius 3 is 2.08 bits per heavy atom. The second-order valence-corrected chi connectivity index (χ2v) is 2.70. The summed E-state index contributed by atoms with van der Waals surface area (Å²) in [5, 5.41) is 43.5. The van der Waals surface area contributed by atoms with E-state index in [1.807, 2.05) is 0 Å². The summed E-state index contributed by atoms with van der Waals surface area (Å²) in [7, 11) is 0. The molecule has 0 aromatic carbocycles. The molecule has 0 fully saturated rings. The summed E-state index contributed by atoms with van der Waals surface area (Å²) in [6.45, 7) is -1.88. The van der Waals surface area contributed by atoms with Gasteiger partial charge in [-0.05, 0) is 0 Å². The number of aliphatic carboxylic acids is 1. The van der Waals surface area contributed by atoms with Gasteiger partial charge in [-0.2, -0.15) is 0 Å². The largest absolute Gasteiger partial charge is 0.480 e. The first-order valence-corrected chi connectivity index (χ1v) is 3.50. The molecule has 0 aliphatic rings. The van der Waals surface area contributed by atoms with Gasteiger partial charge in [0.25, 0.3) is 0 Å². The van der Waals surface area contributed by atoms with Crippen LogP contribution in [-0.2, 0) is 4.79 Å². The minimum atomic E-state index is -2.36. The van der Waals surface area contributed by atoms with Crippen molar-refractivity contribution in [2.45, 2.75) is 17.7 Å². The van der Waals surface area contributed by atoms with Gasteiger partial charge in [-0.25, -0.2) is 0 Å². The second kappa shape index (κ2) is 4.49. The molecule has 0 aliphatic carbocycles. The Balaban J connectivity index is 4.65. The number of nitrogens with two attached hydrogens (primary N) is 1. The number of rotatable bonds is 5. The van der Waals surface area contributed by atoms with Gasteiger partial charge in [0.2, 0.25) is 0 Å². The van der Waals surface area contributed by atoms with Gasteiger partial charge in [-0.1, -0.05) is 0 Å². The molecule has 0 amide bonds. The number of hydrogen-bond donors (Lipinski definition) is 6. The summed E-state index contributed by atoms with van der Waals surface area (Å²) in [5.41, 5.74) is 2.73. The van der Waals surface area contributed by atoms with Crippen LogP contribution in [0.5, 0.6) is 0 Å². The highest BCUT2D eigenvalue weighted by Gasteiger charge is 2.44. The second-order valence-electron chi connectivity index (χ2n) is 2.70. The Morgan fingerprint density at radius 1 is 1.38 bits per heavy atom. The lowest BCUT2D eigenvalue weighted by atomic mass is 9.91. The van der Waals surface area contributed by atoms with Crippen LogP contribution >= 0.6 is 0 Å². The number of aliphatic hydroxyl groups is 4. The van der Waals surface area contributed by atoms with E-state index in [4.69, 9.17) is 31.3 Å². The molecule has 0 radical (unpaired) electrons. The summed E-state index contributed by atoms with van der Waals surface area (Å²) in [6.07, 6.45) is -3.63. The van der Waals surface area contributed by atoms with Crippen LogP contribution in [0.15, 0.2) is 0 Å². The first kappa shape index (κ1) is 12.3. The minimum absolute atomic E-state index is 0.840. The maximum atomic E-state index is 10.5. The van der Waals surface area contributed by atoms with E-state index in [1.54, 1.807) is 0 Å². The first-order valence-electron chi connectivity index (χ1n) is 3.50. The van der Waals surface area contributed by atoms with E-state index in [2.05, 4.69) is 0 Å². The molecule has 0 bridgehead atoms. The third kappa shape index (κ3) is 2.36. The van der Waals surface area contributed by atoms with E-state index in [1.165, 1.54) is 0 Å². The fraction of sp³-hybridized carbons (Fsp3) is 0.833. The molecule has 78 valence electrons. The average molecular weight is 195 g/mol. The van der Waals surface area contributed by atoms with Gasteiger partial charge in [0.05, 0.1) is 13.2 Å². The van der Waals surface area contributed by atoms with E-state index in [0.717, 1.165) is 0 Å². The highest BCUT2D eigenvalue weighted by Crippen LogP contribution is 2.10. The van der Waals surface area contributed by atoms with Crippen molar-refractivity contribution in [3.8, 4) is 0 Å². The maximum absolute atomic E-state index is 10.5. The zero-order valence-electron chi connectivity index (χ0n) is 6.79. The summed E-state index contributed by atoms with van der Waals surface area (Å²) in [6, 6.07) is 0.